The van der Waals surface area contributed by atoms with Crippen LogP contribution in [0.4, 0.5) is 5.69 Å². The van der Waals surface area contributed by atoms with E-state index in [4.69, 9.17) is 4.74 Å². The van der Waals surface area contributed by atoms with E-state index < -0.39 is 6.23 Å². The molecule has 0 radical (unpaired) electrons. The maximum Gasteiger partial charge on any atom is 0.153 e. The van der Waals surface area contributed by atoms with Crippen LogP contribution < -0.4 is 10.6 Å². The summed E-state index contributed by atoms with van der Waals surface area (Å²) in [5, 5.41) is 17.1. The Hall–Kier alpha value is -2.02. The summed E-state index contributed by atoms with van der Waals surface area (Å²) >= 11 is 0. The summed E-state index contributed by atoms with van der Waals surface area (Å²) in [5.41, 5.74) is 2.74. The smallest absolute Gasteiger partial charge is 0.153 e. The van der Waals surface area contributed by atoms with Crippen molar-refractivity contribution in [1.29, 1.82) is 0 Å². The van der Waals surface area contributed by atoms with Gasteiger partial charge >= 0.3 is 0 Å². The highest BCUT2D eigenvalue weighted by atomic mass is 16.5. The third kappa shape index (κ3) is 3.22. The molecule has 142 valence electrons. The zero-order chi connectivity index (χ0) is 18.4. The van der Waals surface area contributed by atoms with Crippen LogP contribution in [0.15, 0.2) is 36.7 Å². The molecule has 3 N–H and O–H groups in total. The molecule has 6 heteroatoms. The lowest BCUT2D eigenvalue weighted by Crippen LogP contribution is -2.41. The lowest BCUT2D eigenvalue weighted by molar-refractivity contribution is -0.0189. The van der Waals surface area contributed by atoms with Gasteiger partial charge < -0.3 is 20.5 Å². The molecule has 0 spiro atoms. The molecule has 0 amide bonds. The van der Waals surface area contributed by atoms with Gasteiger partial charge in [-0.25, -0.2) is 9.97 Å². The average molecular weight is 366 g/mol. The van der Waals surface area contributed by atoms with Crippen molar-refractivity contribution in [2.24, 2.45) is 5.92 Å². The highest BCUT2D eigenvalue weighted by molar-refractivity contribution is 5.46. The molecule has 2 saturated heterocycles. The van der Waals surface area contributed by atoms with Crippen molar-refractivity contribution in [3.63, 3.8) is 0 Å². The van der Waals surface area contributed by atoms with Crippen LogP contribution in [0, 0.1) is 5.92 Å². The second-order valence-electron chi connectivity index (χ2n) is 8.22. The van der Waals surface area contributed by atoms with Crippen molar-refractivity contribution >= 4 is 5.69 Å². The summed E-state index contributed by atoms with van der Waals surface area (Å²) in [4.78, 5) is 8.74. The molecule has 5 rings (SSSR count). The van der Waals surface area contributed by atoms with E-state index in [0.717, 1.165) is 31.1 Å². The highest BCUT2D eigenvalue weighted by Crippen LogP contribution is 2.40. The van der Waals surface area contributed by atoms with Crippen molar-refractivity contribution < 1.29 is 9.84 Å². The maximum absolute atomic E-state index is 10.4. The number of morpholine rings is 1. The Kier molecular flexibility index (Phi) is 4.15. The number of aliphatic hydroxyl groups excluding tert-OH is 1. The number of rotatable bonds is 6. The van der Waals surface area contributed by atoms with Crippen molar-refractivity contribution in [2.45, 2.75) is 50.0 Å². The standard InChI is InChI=1S/C21H26N4O2/c1-13-18-11-27-21(13,12-24-18)8-14-2-6-17(7-3-14)25-20(26)16-9-22-19(23-10-16)15-4-5-15/h2-3,6-7,9-10,13,15,18,20,24-26H,4-5,8,11-12H2,1H3/t13-,18-,20?,21-/m1/s1. The first-order valence-electron chi connectivity index (χ1n) is 9.86. The zero-order valence-electron chi connectivity index (χ0n) is 15.6. The third-order valence-corrected chi connectivity index (χ3v) is 6.36. The van der Waals surface area contributed by atoms with Crippen molar-refractivity contribution in [1.82, 2.24) is 15.3 Å². The third-order valence-electron chi connectivity index (χ3n) is 6.36. The summed E-state index contributed by atoms with van der Waals surface area (Å²) < 4.78 is 6.11. The molecule has 1 aromatic carbocycles. The number of aliphatic hydroxyl groups is 1. The number of anilines is 1. The molecular formula is C21H26N4O2. The minimum atomic E-state index is -0.819. The van der Waals surface area contributed by atoms with Gasteiger partial charge in [-0.05, 0) is 30.5 Å². The molecule has 3 heterocycles. The summed E-state index contributed by atoms with van der Waals surface area (Å²) in [7, 11) is 0. The van der Waals surface area contributed by atoms with Gasteiger partial charge in [-0.2, -0.15) is 0 Å². The number of hydrogen-bond acceptors (Lipinski definition) is 6. The second kappa shape index (κ2) is 6.55. The van der Waals surface area contributed by atoms with E-state index >= 15 is 0 Å². The molecular weight excluding hydrogens is 340 g/mol. The van der Waals surface area contributed by atoms with Gasteiger partial charge in [0, 0.05) is 54.5 Å². The first-order chi connectivity index (χ1) is 13.1. The average Bonchev–Trinajstić information content (AvgIpc) is 3.46. The highest BCUT2D eigenvalue weighted by Gasteiger charge is 2.52. The van der Waals surface area contributed by atoms with Gasteiger partial charge in [0.25, 0.3) is 0 Å². The van der Waals surface area contributed by atoms with E-state index in [1.807, 2.05) is 12.1 Å². The molecule has 1 saturated carbocycles. The number of hydrogen-bond donors (Lipinski definition) is 3. The molecule has 3 fully saturated rings. The van der Waals surface area contributed by atoms with E-state index in [2.05, 4.69) is 39.7 Å². The summed E-state index contributed by atoms with van der Waals surface area (Å²) in [6.45, 7) is 4.02. The summed E-state index contributed by atoms with van der Waals surface area (Å²) in [5.74, 6) is 1.95. The second-order valence-corrected chi connectivity index (χ2v) is 8.22. The molecule has 2 bridgehead atoms. The Balaban J connectivity index is 1.22. The maximum atomic E-state index is 10.4. The Bertz CT molecular complexity index is 796. The van der Waals surface area contributed by atoms with Gasteiger partial charge in [0.2, 0.25) is 0 Å². The first kappa shape index (κ1) is 17.1. The molecule has 27 heavy (non-hydrogen) atoms. The van der Waals surface area contributed by atoms with E-state index in [0.29, 0.717) is 23.4 Å². The predicted octanol–water partition coefficient (Wildman–Crippen LogP) is 2.38. The molecule has 1 aromatic heterocycles. The van der Waals surface area contributed by atoms with E-state index in [1.165, 1.54) is 18.4 Å². The minimum absolute atomic E-state index is 0.0697. The van der Waals surface area contributed by atoms with Crippen molar-refractivity contribution in [3.05, 3.63) is 53.6 Å². The van der Waals surface area contributed by atoms with Crippen molar-refractivity contribution in [3.8, 4) is 0 Å². The van der Waals surface area contributed by atoms with Crippen LogP contribution in [0.2, 0.25) is 0 Å². The zero-order valence-corrected chi connectivity index (χ0v) is 15.6. The van der Waals surface area contributed by atoms with Crippen molar-refractivity contribution in [2.75, 3.05) is 18.5 Å². The van der Waals surface area contributed by atoms with Gasteiger partial charge in [-0.15, -0.1) is 0 Å². The van der Waals surface area contributed by atoms with Gasteiger partial charge in [0.05, 0.1) is 12.2 Å². The number of ether oxygens (including phenoxy) is 1. The molecule has 2 aromatic rings. The summed E-state index contributed by atoms with van der Waals surface area (Å²) in [6, 6.07) is 8.73. The number of fused-ring (bicyclic) bond motifs is 2. The van der Waals surface area contributed by atoms with Gasteiger partial charge in [-0.3, -0.25) is 0 Å². The van der Waals surface area contributed by atoms with Crippen LogP contribution in [0.1, 0.15) is 48.9 Å². The van der Waals surface area contributed by atoms with Crippen LogP contribution >= 0.6 is 0 Å². The molecule has 3 aliphatic rings. The van der Waals surface area contributed by atoms with Crippen LogP contribution in [0.5, 0.6) is 0 Å². The lowest BCUT2D eigenvalue weighted by Gasteiger charge is -2.29. The first-order valence-corrected chi connectivity index (χ1v) is 9.86. The molecule has 1 unspecified atom stereocenters. The van der Waals surface area contributed by atoms with E-state index in [9.17, 15) is 5.11 Å². The molecule has 6 nitrogen and oxygen atoms in total. The summed E-state index contributed by atoms with van der Waals surface area (Å²) in [6.07, 6.45) is 5.88. The Morgan fingerprint density at radius 3 is 2.56 bits per heavy atom. The normalized spacial score (nSPS) is 30.4. The van der Waals surface area contributed by atoms with Gasteiger partial charge in [0.15, 0.2) is 6.23 Å². The Morgan fingerprint density at radius 2 is 2.00 bits per heavy atom. The van der Waals surface area contributed by atoms with Crippen LogP contribution in [0.3, 0.4) is 0 Å². The number of aromatic nitrogens is 2. The van der Waals surface area contributed by atoms with Crippen LogP contribution in [-0.4, -0.2) is 39.9 Å². The fourth-order valence-corrected chi connectivity index (χ4v) is 4.27. The quantitative estimate of drug-likeness (QED) is 0.681. The number of nitrogens with one attached hydrogen (secondary N) is 2. The van der Waals surface area contributed by atoms with E-state index in [1.54, 1.807) is 12.4 Å². The van der Waals surface area contributed by atoms with Crippen LogP contribution in [-0.2, 0) is 11.2 Å². The largest absolute Gasteiger partial charge is 0.371 e. The predicted molar refractivity (Wildman–Crippen MR) is 102 cm³/mol. The fraction of sp³-hybridized carbons (Fsp3) is 0.524. The minimum Gasteiger partial charge on any atom is -0.371 e. The van der Waals surface area contributed by atoms with E-state index in [-0.39, 0.29) is 5.60 Å². The Morgan fingerprint density at radius 1 is 1.26 bits per heavy atom. The number of nitrogens with zero attached hydrogens (tertiary/aromatic N) is 2. The molecule has 4 atom stereocenters. The van der Waals surface area contributed by atoms with Gasteiger partial charge in [0.1, 0.15) is 5.82 Å². The number of benzene rings is 1. The Labute approximate surface area is 159 Å². The molecule has 2 aliphatic heterocycles. The lowest BCUT2D eigenvalue weighted by atomic mass is 9.85. The SMILES string of the molecule is C[C@@H]1[C@H]2CO[C@]1(Cc1ccc(NC(O)c3cnc(C4CC4)nc3)cc1)CN2. The van der Waals surface area contributed by atoms with Crippen LogP contribution in [0.25, 0.3) is 0 Å². The fourth-order valence-electron chi connectivity index (χ4n) is 4.27. The molecule has 1 aliphatic carbocycles. The topological polar surface area (TPSA) is 79.3 Å². The monoisotopic (exact) mass is 366 g/mol. The van der Waals surface area contributed by atoms with Gasteiger partial charge in [-0.1, -0.05) is 19.1 Å².